The lowest BCUT2D eigenvalue weighted by Gasteiger charge is -2.19. The Balaban J connectivity index is 1.76. The monoisotopic (exact) mass is 396 g/mol. The Bertz CT molecular complexity index is 1030. The van der Waals surface area contributed by atoms with Crippen molar-refractivity contribution in [3.05, 3.63) is 72.3 Å². The van der Waals surface area contributed by atoms with Gasteiger partial charge in [-0.1, -0.05) is 51.1 Å². The van der Waals surface area contributed by atoms with E-state index in [1.807, 2.05) is 54.4 Å². The van der Waals surface area contributed by atoms with Crippen LogP contribution in [0.15, 0.2) is 71.6 Å². The molecule has 3 aromatic rings. The molecule has 6 nitrogen and oxygen atoms in total. The lowest BCUT2D eigenvalue weighted by atomic mass is 9.87. The minimum atomic E-state index is -3.73. The molecule has 2 aromatic carbocycles. The first-order valence-electron chi connectivity index (χ1n) is 8.93. The molecule has 0 bridgehead atoms. The van der Waals surface area contributed by atoms with Crippen LogP contribution in [-0.4, -0.2) is 25.7 Å². The number of aromatic nitrogens is 2. The van der Waals surface area contributed by atoms with Crippen molar-refractivity contribution in [3.8, 4) is 0 Å². The lowest BCUT2D eigenvalue weighted by Crippen LogP contribution is -2.17. The molecule has 1 heterocycles. The number of sulfonamides is 1. The summed E-state index contributed by atoms with van der Waals surface area (Å²) in [4.78, 5) is 2.06. The molecular formula is C21H24N4O2S. The van der Waals surface area contributed by atoms with Crippen LogP contribution < -0.4 is 9.62 Å². The Hall–Kier alpha value is -2.93. The number of benzene rings is 2. The van der Waals surface area contributed by atoms with E-state index in [0.29, 0.717) is 5.82 Å². The van der Waals surface area contributed by atoms with Crippen molar-refractivity contribution in [2.24, 2.45) is 0 Å². The fraction of sp³-hybridized carbons (Fsp3) is 0.238. The smallest absolute Gasteiger partial charge is 0.263 e. The third kappa shape index (κ3) is 4.48. The minimum Gasteiger partial charge on any atom is -0.328 e. The number of anilines is 3. The first kappa shape index (κ1) is 19.8. The zero-order chi connectivity index (χ0) is 20.4. The van der Waals surface area contributed by atoms with Crippen molar-refractivity contribution in [1.82, 2.24) is 10.2 Å². The molecule has 0 saturated carbocycles. The Labute approximate surface area is 166 Å². The van der Waals surface area contributed by atoms with Gasteiger partial charge in [-0.25, -0.2) is 8.42 Å². The molecule has 0 aliphatic carbocycles. The van der Waals surface area contributed by atoms with Gasteiger partial charge in [0.15, 0.2) is 11.6 Å². The van der Waals surface area contributed by atoms with Crippen LogP contribution in [0.3, 0.4) is 0 Å². The molecule has 0 saturated heterocycles. The average Bonchev–Trinajstić information content (AvgIpc) is 2.68. The van der Waals surface area contributed by atoms with Crippen molar-refractivity contribution in [2.45, 2.75) is 31.1 Å². The third-order valence-corrected chi connectivity index (χ3v) is 5.78. The molecular weight excluding hydrogens is 372 g/mol. The van der Waals surface area contributed by atoms with Gasteiger partial charge < -0.3 is 4.90 Å². The molecule has 0 atom stereocenters. The summed E-state index contributed by atoms with van der Waals surface area (Å²) in [5.74, 6) is 0.786. The molecule has 3 rings (SSSR count). The predicted octanol–water partition coefficient (Wildman–Crippen LogP) is 4.34. The number of rotatable bonds is 5. The van der Waals surface area contributed by atoms with Gasteiger partial charge in [-0.15, -0.1) is 10.2 Å². The number of nitrogens with zero attached hydrogens (tertiary/aromatic N) is 3. The normalized spacial score (nSPS) is 11.9. The van der Waals surface area contributed by atoms with E-state index in [1.54, 1.807) is 24.3 Å². The Kier molecular flexibility index (Phi) is 5.38. The number of hydrogen-bond acceptors (Lipinski definition) is 5. The molecule has 1 aromatic heterocycles. The summed E-state index contributed by atoms with van der Waals surface area (Å²) in [6.45, 7) is 6.25. The maximum absolute atomic E-state index is 12.6. The summed E-state index contributed by atoms with van der Waals surface area (Å²) < 4.78 is 27.7. The number of para-hydroxylation sites is 1. The van der Waals surface area contributed by atoms with Crippen molar-refractivity contribution in [3.63, 3.8) is 0 Å². The van der Waals surface area contributed by atoms with Crippen LogP contribution in [0.4, 0.5) is 17.3 Å². The summed E-state index contributed by atoms with van der Waals surface area (Å²) in [6, 6.07) is 19.9. The van der Waals surface area contributed by atoms with E-state index in [1.165, 1.54) is 0 Å². The topological polar surface area (TPSA) is 75.2 Å². The highest BCUT2D eigenvalue weighted by Gasteiger charge is 2.18. The van der Waals surface area contributed by atoms with Gasteiger partial charge in [0.2, 0.25) is 0 Å². The summed E-state index contributed by atoms with van der Waals surface area (Å²) in [5, 5.41) is 8.14. The first-order chi connectivity index (χ1) is 13.2. The fourth-order valence-corrected chi connectivity index (χ4v) is 3.67. The van der Waals surface area contributed by atoms with Crippen molar-refractivity contribution >= 4 is 27.3 Å². The summed E-state index contributed by atoms with van der Waals surface area (Å²) in [5.41, 5.74) is 1.99. The van der Waals surface area contributed by atoms with E-state index in [2.05, 4.69) is 35.7 Å². The molecule has 0 spiro atoms. The Morgan fingerprint density at radius 1 is 0.857 bits per heavy atom. The van der Waals surface area contributed by atoms with E-state index in [4.69, 9.17) is 0 Å². The van der Waals surface area contributed by atoms with Crippen LogP contribution in [0.1, 0.15) is 26.3 Å². The second-order valence-electron chi connectivity index (χ2n) is 7.55. The van der Waals surface area contributed by atoms with E-state index >= 15 is 0 Å². The van der Waals surface area contributed by atoms with E-state index in [-0.39, 0.29) is 16.1 Å². The highest BCUT2D eigenvalue weighted by molar-refractivity contribution is 7.92. The molecule has 0 unspecified atom stereocenters. The Morgan fingerprint density at radius 3 is 2.04 bits per heavy atom. The zero-order valence-electron chi connectivity index (χ0n) is 16.4. The number of hydrogen-bond donors (Lipinski definition) is 1. The fourth-order valence-electron chi connectivity index (χ4n) is 2.67. The van der Waals surface area contributed by atoms with E-state index < -0.39 is 10.0 Å². The molecule has 28 heavy (non-hydrogen) atoms. The third-order valence-electron chi connectivity index (χ3n) is 4.41. The van der Waals surface area contributed by atoms with Gasteiger partial charge in [-0.2, -0.15) is 0 Å². The van der Waals surface area contributed by atoms with Crippen LogP contribution in [0.5, 0.6) is 0 Å². The van der Waals surface area contributed by atoms with Crippen molar-refractivity contribution in [2.75, 3.05) is 16.7 Å². The van der Waals surface area contributed by atoms with E-state index in [0.717, 1.165) is 11.3 Å². The maximum atomic E-state index is 12.6. The minimum absolute atomic E-state index is 0.0399. The van der Waals surface area contributed by atoms with Crippen molar-refractivity contribution in [1.29, 1.82) is 0 Å². The first-order valence-corrected chi connectivity index (χ1v) is 10.4. The maximum Gasteiger partial charge on any atom is 0.263 e. The van der Waals surface area contributed by atoms with Crippen LogP contribution in [-0.2, 0) is 15.4 Å². The van der Waals surface area contributed by atoms with Gasteiger partial charge in [0.1, 0.15) is 0 Å². The number of nitrogens with one attached hydrogen (secondary N) is 1. The predicted molar refractivity (Wildman–Crippen MR) is 112 cm³/mol. The largest absolute Gasteiger partial charge is 0.328 e. The van der Waals surface area contributed by atoms with Crippen LogP contribution >= 0.6 is 0 Å². The second-order valence-corrected chi connectivity index (χ2v) is 9.23. The van der Waals surface area contributed by atoms with Gasteiger partial charge in [0.05, 0.1) is 4.90 Å². The van der Waals surface area contributed by atoms with Gasteiger partial charge in [-0.3, -0.25) is 4.72 Å². The quantitative estimate of drug-likeness (QED) is 0.694. The molecule has 0 radical (unpaired) electrons. The van der Waals surface area contributed by atoms with Crippen LogP contribution in [0.2, 0.25) is 0 Å². The highest BCUT2D eigenvalue weighted by Crippen LogP contribution is 2.25. The van der Waals surface area contributed by atoms with Crippen molar-refractivity contribution < 1.29 is 8.42 Å². The van der Waals surface area contributed by atoms with E-state index in [9.17, 15) is 8.42 Å². The molecule has 1 N–H and O–H groups in total. The molecule has 7 heteroatoms. The van der Waals surface area contributed by atoms with Gasteiger partial charge in [0.25, 0.3) is 10.0 Å². The summed E-state index contributed by atoms with van der Waals surface area (Å²) in [6.07, 6.45) is 0. The highest BCUT2D eigenvalue weighted by atomic mass is 32.2. The molecule has 0 aliphatic rings. The lowest BCUT2D eigenvalue weighted by molar-refractivity contribution is 0.587. The average molecular weight is 397 g/mol. The molecule has 0 amide bonds. The summed E-state index contributed by atoms with van der Waals surface area (Å²) >= 11 is 0. The summed E-state index contributed by atoms with van der Waals surface area (Å²) in [7, 11) is -1.85. The zero-order valence-corrected chi connectivity index (χ0v) is 17.2. The van der Waals surface area contributed by atoms with Gasteiger partial charge in [-0.05, 0) is 47.4 Å². The van der Waals surface area contributed by atoms with Gasteiger partial charge >= 0.3 is 0 Å². The second kappa shape index (κ2) is 7.59. The SMILES string of the molecule is CN(c1ccccc1)c1ccc(NS(=O)(=O)c2ccc(C(C)(C)C)cc2)nn1. The molecule has 0 aliphatic heterocycles. The molecule has 146 valence electrons. The van der Waals surface area contributed by atoms with Crippen LogP contribution in [0, 0.1) is 0 Å². The molecule has 0 fully saturated rings. The van der Waals surface area contributed by atoms with Crippen LogP contribution in [0.25, 0.3) is 0 Å². The van der Waals surface area contributed by atoms with Gasteiger partial charge in [0, 0.05) is 12.7 Å². The Morgan fingerprint density at radius 2 is 1.50 bits per heavy atom. The standard InChI is InChI=1S/C21H24N4O2S/c1-21(2,3)16-10-12-18(13-11-16)28(26,27)24-19-14-15-20(23-22-19)25(4)17-8-6-5-7-9-17/h5-15H,1-4H3,(H,22,24).